The number of rotatable bonds is 8. The summed E-state index contributed by atoms with van der Waals surface area (Å²) in [6, 6.07) is 24.2. The molecule has 0 spiro atoms. The van der Waals surface area contributed by atoms with Gasteiger partial charge < -0.3 is 10.2 Å². The number of hydrogen-bond acceptors (Lipinski definition) is 4. The van der Waals surface area contributed by atoms with Crippen LogP contribution in [0.25, 0.3) is 0 Å². The lowest BCUT2D eigenvalue weighted by Gasteiger charge is -2.26. The van der Waals surface area contributed by atoms with Crippen LogP contribution < -0.4 is 0 Å². The Balaban J connectivity index is 1.36. The van der Waals surface area contributed by atoms with E-state index < -0.39 is 0 Å². The highest BCUT2D eigenvalue weighted by Crippen LogP contribution is 2.42. The van der Waals surface area contributed by atoms with Crippen molar-refractivity contribution < 1.29 is 10.2 Å². The maximum atomic E-state index is 10.3. The van der Waals surface area contributed by atoms with E-state index in [-0.39, 0.29) is 11.5 Å². The number of aromatic hydroxyl groups is 2. The lowest BCUT2D eigenvalue weighted by molar-refractivity contribution is 0.443. The average molecular weight is 599 g/mol. The zero-order chi connectivity index (χ0) is 31.2. The van der Waals surface area contributed by atoms with Gasteiger partial charge in [-0.3, -0.25) is 9.98 Å². The summed E-state index contributed by atoms with van der Waals surface area (Å²) >= 11 is 0. The quantitative estimate of drug-likeness (QED) is 0.198. The van der Waals surface area contributed by atoms with Gasteiger partial charge in [-0.05, 0) is 115 Å². The summed E-state index contributed by atoms with van der Waals surface area (Å²) in [5, 5.41) is 20.7. The van der Waals surface area contributed by atoms with Crippen LogP contribution in [0.2, 0.25) is 0 Å². The third kappa shape index (κ3) is 7.39. The lowest BCUT2D eigenvalue weighted by Crippen LogP contribution is -2.08. The molecule has 2 saturated carbocycles. The third-order valence-electron chi connectivity index (χ3n) is 9.82. The number of phenols is 2. The number of nitrogens with zero attached hydrogens (tertiary/aromatic N) is 2. The Kier molecular flexibility index (Phi) is 9.78. The van der Waals surface area contributed by atoms with E-state index in [0.717, 1.165) is 28.9 Å². The van der Waals surface area contributed by atoms with Gasteiger partial charge in [0.05, 0.1) is 11.4 Å². The minimum absolute atomic E-state index is 0.257. The van der Waals surface area contributed by atoms with E-state index in [1.807, 2.05) is 48.8 Å². The molecule has 0 saturated heterocycles. The summed E-state index contributed by atoms with van der Waals surface area (Å²) < 4.78 is 0. The fraction of sp³-hybridized carbons (Fsp3) is 0.366. The van der Waals surface area contributed by atoms with Crippen molar-refractivity contribution in [3.8, 4) is 11.5 Å². The summed E-state index contributed by atoms with van der Waals surface area (Å²) in [6.07, 6.45) is 17.0. The van der Waals surface area contributed by atoms with E-state index in [1.165, 1.54) is 97.6 Å². The van der Waals surface area contributed by atoms with Gasteiger partial charge >= 0.3 is 0 Å². The van der Waals surface area contributed by atoms with Crippen molar-refractivity contribution in [2.45, 2.75) is 96.3 Å². The van der Waals surface area contributed by atoms with Crippen molar-refractivity contribution in [3.63, 3.8) is 0 Å². The van der Waals surface area contributed by atoms with Crippen LogP contribution in [0.15, 0.2) is 82.8 Å². The number of aliphatic imine (C=N–C) groups is 2. The van der Waals surface area contributed by atoms with Gasteiger partial charge in [0.1, 0.15) is 11.5 Å². The molecule has 2 N–H and O–H groups in total. The number of phenolic OH excluding ortho intramolecular Hbond substituents is 2. The second-order valence-corrected chi connectivity index (χ2v) is 13.2. The number of para-hydroxylation sites is 2. The smallest absolute Gasteiger partial charge is 0.124 e. The van der Waals surface area contributed by atoms with Gasteiger partial charge in [0, 0.05) is 23.6 Å². The summed E-state index contributed by atoms with van der Waals surface area (Å²) in [7, 11) is 0. The van der Waals surface area contributed by atoms with Gasteiger partial charge in [0.25, 0.3) is 0 Å². The zero-order valence-corrected chi connectivity index (χ0v) is 26.8. The fourth-order valence-electron chi connectivity index (χ4n) is 7.47. The average Bonchev–Trinajstić information content (AvgIpc) is 3.05. The molecule has 0 unspecified atom stereocenters. The van der Waals surface area contributed by atoms with Crippen LogP contribution in [0.4, 0.5) is 11.4 Å². The molecule has 2 aliphatic carbocycles. The van der Waals surface area contributed by atoms with Gasteiger partial charge in [-0.1, -0.05) is 87.1 Å². The summed E-state index contributed by atoms with van der Waals surface area (Å²) in [5.41, 5.74) is 11.3. The maximum absolute atomic E-state index is 10.3. The van der Waals surface area contributed by atoms with Crippen molar-refractivity contribution >= 4 is 23.8 Å². The lowest BCUT2D eigenvalue weighted by atomic mass is 9.80. The van der Waals surface area contributed by atoms with E-state index in [2.05, 4.69) is 38.1 Å². The van der Waals surface area contributed by atoms with Gasteiger partial charge in [0.15, 0.2) is 0 Å². The monoisotopic (exact) mass is 598 g/mol. The van der Waals surface area contributed by atoms with Gasteiger partial charge in [-0.2, -0.15) is 0 Å². The van der Waals surface area contributed by atoms with Crippen LogP contribution in [0, 0.1) is 13.8 Å². The Labute approximate surface area is 268 Å². The van der Waals surface area contributed by atoms with Crippen LogP contribution in [0.5, 0.6) is 11.5 Å². The Morgan fingerprint density at radius 1 is 0.578 bits per heavy atom. The van der Waals surface area contributed by atoms with Crippen molar-refractivity contribution in [2.24, 2.45) is 9.98 Å². The van der Waals surface area contributed by atoms with Crippen molar-refractivity contribution in [2.75, 3.05) is 0 Å². The van der Waals surface area contributed by atoms with Gasteiger partial charge in [-0.25, -0.2) is 0 Å². The Bertz CT molecular complexity index is 1570. The van der Waals surface area contributed by atoms with Gasteiger partial charge in [0.2, 0.25) is 0 Å². The summed E-state index contributed by atoms with van der Waals surface area (Å²) in [6.45, 7) is 4.37. The molecule has 4 heteroatoms. The second-order valence-electron chi connectivity index (χ2n) is 13.2. The largest absolute Gasteiger partial charge is 0.507 e. The van der Waals surface area contributed by atoms with Gasteiger partial charge in [-0.15, -0.1) is 0 Å². The third-order valence-corrected chi connectivity index (χ3v) is 9.82. The summed E-state index contributed by atoms with van der Waals surface area (Å²) in [5.74, 6) is 1.54. The van der Waals surface area contributed by atoms with Crippen LogP contribution in [0.3, 0.4) is 0 Å². The molecule has 4 nitrogen and oxygen atoms in total. The second kappa shape index (κ2) is 14.3. The van der Waals surface area contributed by atoms with Crippen molar-refractivity contribution in [1.82, 2.24) is 0 Å². The molecule has 0 radical (unpaired) electrons. The molecule has 232 valence electrons. The predicted octanol–water partition coefficient (Wildman–Crippen LogP) is 10.9. The van der Waals surface area contributed by atoms with Crippen molar-refractivity contribution in [3.05, 3.63) is 117 Å². The molecule has 2 fully saturated rings. The predicted molar refractivity (Wildman–Crippen MR) is 188 cm³/mol. The van der Waals surface area contributed by atoms with Crippen LogP contribution in [-0.4, -0.2) is 22.6 Å². The van der Waals surface area contributed by atoms with Crippen LogP contribution in [0.1, 0.15) is 121 Å². The molecule has 2 aliphatic rings. The molecule has 0 atom stereocenters. The highest BCUT2D eigenvalue weighted by molar-refractivity contribution is 5.87. The topological polar surface area (TPSA) is 65.2 Å². The molecule has 6 rings (SSSR count). The first-order chi connectivity index (χ1) is 22.0. The van der Waals surface area contributed by atoms with E-state index in [9.17, 15) is 10.2 Å². The van der Waals surface area contributed by atoms with E-state index >= 15 is 0 Å². The number of hydrogen-bond donors (Lipinski definition) is 2. The van der Waals surface area contributed by atoms with E-state index in [4.69, 9.17) is 9.98 Å². The van der Waals surface area contributed by atoms with Crippen molar-refractivity contribution in [1.29, 1.82) is 0 Å². The first-order valence-corrected chi connectivity index (χ1v) is 16.9. The molecular weight excluding hydrogens is 552 g/mol. The highest BCUT2D eigenvalue weighted by atomic mass is 16.3. The fourth-order valence-corrected chi connectivity index (χ4v) is 7.47. The Morgan fingerprint density at radius 2 is 0.978 bits per heavy atom. The maximum Gasteiger partial charge on any atom is 0.124 e. The first-order valence-electron chi connectivity index (χ1n) is 16.9. The number of aryl methyl sites for hydroxylation is 2. The van der Waals surface area contributed by atoms with E-state index in [0.29, 0.717) is 11.8 Å². The first kappa shape index (κ1) is 30.8. The normalized spacial score (nSPS) is 16.6. The molecule has 0 amide bonds. The molecule has 0 heterocycles. The van der Waals surface area contributed by atoms with E-state index in [1.54, 1.807) is 12.1 Å². The molecule has 0 aromatic heterocycles. The summed E-state index contributed by atoms with van der Waals surface area (Å²) in [4.78, 5) is 9.99. The molecular formula is C41H46N2O2. The number of benzene rings is 4. The molecule has 4 aromatic rings. The Morgan fingerprint density at radius 3 is 1.38 bits per heavy atom. The SMILES string of the molecule is Cc1cc(Cc2cc(C)c(N=Cc3ccccc3O)c(C3CCCCC3)c2)cc(C2CCCCC2)c1N=Cc1ccccc1O. The van der Waals surface area contributed by atoms with Crippen LogP contribution in [-0.2, 0) is 6.42 Å². The Hall–Kier alpha value is -4.18. The minimum Gasteiger partial charge on any atom is -0.507 e. The van der Waals surface area contributed by atoms with Crippen LogP contribution >= 0.6 is 0 Å². The minimum atomic E-state index is 0.257. The molecule has 4 aromatic carbocycles. The zero-order valence-electron chi connectivity index (χ0n) is 26.8. The molecule has 0 aliphatic heterocycles. The molecule has 45 heavy (non-hydrogen) atoms. The standard InChI is InChI=1S/C41H46N2O2/c1-28-21-30(24-36(32-13-5-3-6-14-32)40(28)42-26-34-17-9-11-19-38(34)44)23-31-22-29(2)41(37(25-31)33-15-7-4-8-16-33)43-27-35-18-10-12-20-39(35)45/h9-12,17-22,24-27,32-33,44-45H,3-8,13-16,23H2,1-2H3. The molecule has 0 bridgehead atoms. The highest BCUT2D eigenvalue weighted by Gasteiger charge is 2.23.